The largest absolute Gasteiger partial charge is 0.493 e. The van der Waals surface area contributed by atoms with E-state index in [9.17, 15) is 13.6 Å². The minimum absolute atomic E-state index is 0.0711. The summed E-state index contributed by atoms with van der Waals surface area (Å²) in [5.74, 6) is -0.378. The van der Waals surface area contributed by atoms with Crippen molar-refractivity contribution in [3.63, 3.8) is 0 Å². The molecule has 2 aromatic rings. The number of halogens is 2. The smallest absolute Gasteiger partial charge is 0.387 e. The molecule has 1 unspecified atom stereocenters. The SMILES string of the molecule is COc1cc(C(=O)NC(CN(C)C)c2ccccc2)ccc1OC(F)F. The van der Waals surface area contributed by atoms with Crippen molar-refractivity contribution in [1.29, 1.82) is 0 Å². The number of carbonyl (C=O) groups excluding carboxylic acids is 1. The maximum atomic E-state index is 12.6. The summed E-state index contributed by atoms with van der Waals surface area (Å²) in [6, 6.07) is 13.5. The lowest BCUT2D eigenvalue weighted by Gasteiger charge is -2.23. The van der Waals surface area contributed by atoms with Crippen molar-refractivity contribution < 1.29 is 23.0 Å². The lowest BCUT2D eigenvalue weighted by molar-refractivity contribution is -0.0512. The number of rotatable bonds is 8. The van der Waals surface area contributed by atoms with Crippen LogP contribution in [-0.4, -0.2) is 45.2 Å². The van der Waals surface area contributed by atoms with Crippen LogP contribution in [0.15, 0.2) is 48.5 Å². The molecule has 0 spiro atoms. The van der Waals surface area contributed by atoms with Gasteiger partial charge >= 0.3 is 6.61 Å². The third-order valence-electron chi connectivity index (χ3n) is 3.70. The Labute approximate surface area is 151 Å². The Morgan fingerprint density at radius 1 is 1.12 bits per heavy atom. The second-order valence-corrected chi connectivity index (χ2v) is 5.94. The zero-order valence-corrected chi connectivity index (χ0v) is 14.9. The third-order valence-corrected chi connectivity index (χ3v) is 3.70. The molecule has 2 aromatic carbocycles. The van der Waals surface area contributed by atoms with Gasteiger partial charge in [-0.15, -0.1) is 0 Å². The van der Waals surface area contributed by atoms with Gasteiger partial charge in [-0.25, -0.2) is 0 Å². The van der Waals surface area contributed by atoms with Gasteiger partial charge in [0.2, 0.25) is 0 Å². The first-order chi connectivity index (χ1) is 12.4. The summed E-state index contributed by atoms with van der Waals surface area (Å²) in [6.07, 6.45) is 0. The number of methoxy groups -OCH3 is 1. The topological polar surface area (TPSA) is 50.8 Å². The summed E-state index contributed by atoms with van der Waals surface area (Å²) in [6.45, 7) is -2.36. The van der Waals surface area contributed by atoms with E-state index in [1.54, 1.807) is 0 Å². The van der Waals surface area contributed by atoms with Crippen molar-refractivity contribution in [3.05, 3.63) is 59.7 Å². The van der Waals surface area contributed by atoms with Crippen LogP contribution in [0, 0.1) is 0 Å². The zero-order valence-electron chi connectivity index (χ0n) is 14.9. The van der Waals surface area contributed by atoms with Crippen molar-refractivity contribution in [3.8, 4) is 11.5 Å². The van der Waals surface area contributed by atoms with Gasteiger partial charge in [0.1, 0.15) is 0 Å². The lowest BCUT2D eigenvalue weighted by atomic mass is 10.1. The summed E-state index contributed by atoms with van der Waals surface area (Å²) in [5.41, 5.74) is 1.27. The number of hydrogen-bond acceptors (Lipinski definition) is 4. The average Bonchev–Trinajstić information content (AvgIpc) is 2.61. The molecule has 26 heavy (non-hydrogen) atoms. The number of ether oxygens (including phenoxy) is 2. The quantitative estimate of drug-likeness (QED) is 0.781. The van der Waals surface area contributed by atoms with Crippen LogP contribution in [0.2, 0.25) is 0 Å². The van der Waals surface area contributed by atoms with Crippen molar-refractivity contribution >= 4 is 5.91 Å². The summed E-state index contributed by atoms with van der Waals surface area (Å²) in [4.78, 5) is 14.6. The molecule has 140 valence electrons. The molecular weight excluding hydrogens is 342 g/mol. The fourth-order valence-electron chi connectivity index (χ4n) is 2.53. The van der Waals surface area contributed by atoms with E-state index in [0.29, 0.717) is 12.1 Å². The lowest BCUT2D eigenvalue weighted by Crippen LogP contribution is -2.35. The molecule has 0 aliphatic heterocycles. The Morgan fingerprint density at radius 2 is 1.81 bits per heavy atom. The molecule has 0 saturated heterocycles. The molecule has 5 nitrogen and oxygen atoms in total. The van der Waals surface area contributed by atoms with Gasteiger partial charge in [0.05, 0.1) is 13.2 Å². The highest BCUT2D eigenvalue weighted by Crippen LogP contribution is 2.29. The molecule has 7 heteroatoms. The Hall–Kier alpha value is -2.67. The minimum Gasteiger partial charge on any atom is -0.493 e. The van der Waals surface area contributed by atoms with Crippen molar-refractivity contribution in [2.75, 3.05) is 27.7 Å². The first kappa shape index (κ1) is 19.7. The third kappa shape index (κ3) is 5.42. The molecule has 0 saturated carbocycles. The molecule has 0 heterocycles. The molecule has 0 aromatic heterocycles. The van der Waals surface area contributed by atoms with Gasteiger partial charge < -0.3 is 19.7 Å². The van der Waals surface area contributed by atoms with Gasteiger partial charge in [-0.2, -0.15) is 8.78 Å². The highest BCUT2D eigenvalue weighted by Gasteiger charge is 2.19. The summed E-state index contributed by atoms with van der Waals surface area (Å²) in [7, 11) is 5.16. The maximum absolute atomic E-state index is 12.6. The number of alkyl halides is 2. The molecule has 0 aliphatic carbocycles. The number of amides is 1. The van der Waals surface area contributed by atoms with E-state index in [-0.39, 0.29) is 23.4 Å². The van der Waals surface area contributed by atoms with Crippen LogP contribution in [0.3, 0.4) is 0 Å². The Bertz CT molecular complexity index is 724. The second-order valence-electron chi connectivity index (χ2n) is 5.94. The van der Waals surface area contributed by atoms with Crippen molar-refractivity contribution in [2.45, 2.75) is 12.7 Å². The second kappa shape index (κ2) is 9.15. The molecular formula is C19H22F2N2O3. The molecule has 0 radical (unpaired) electrons. The zero-order chi connectivity index (χ0) is 19.1. The van der Waals surface area contributed by atoms with E-state index in [2.05, 4.69) is 10.1 Å². The summed E-state index contributed by atoms with van der Waals surface area (Å²) >= 11 is 0. The molecule has 1 N–H and O–H groups in total. The highest BCUT2D eigenvalue weighted by molar-refractivity contribution is 5.95. The van der Waals surface area contributed by atoms with Gasteiger partial charge in [-0.05, 0) is 37.9 Å². The van der Waals surface area contributed by atoms with Crippen LogP contribution in [0.1, 0.15) is 22.0 Å². The Kier molecular flexibility index (Phi) is 6.91. The highest BCUT2D eigenvalue weighted by atomic mass is 19.3. The number of nitrogens with one attached hydrogen (secondary N) is 1. The molecule has 1 atom stereocenters. The maximum Gasteiger partial charge on any atom is 0.387 e. The van der Waals surface area contributed by atoms with Crippen molar-refractivity contribution in [1.82, 2.24) is 10.2 Å². The number of benzene rings is 2. The molecule has 0 aliphatic rings. The van der Waals surface area contributed by atoms with Gasteiger partial charge in [-0.1, -0.05) is 30.3 Å². The average molecular weight is 364 g/mol. The monoisotopic (exact) mass is 364 g/mol. The van der Waals surface area contributed by atoms with Crippen LogP contribution in [0.25, 0.3) is 0 Å². The summed E-state index contributed by atoms with van der Waals surface area (Å²) in [5, 5.41) is 2.97. The van der Waals surface area contributed by atoms with Crippen LogP contribution in [0.4, 0.5) is 8.78 Å². The fourth-order valence-corrected chi connectivity index (χ4v) is 2.53. The predicted octanol–water partition coefficient (Wildman–Crippen LogP) is 3.33. The van der Waals surface area contributed by atoms with Crippen molar-refractivity contribution in [2.24, 2.45) is 0 Å². The van der Waals surface area contributed by atoms with Gasteiger partial charge in [0.15, 0.2) is 11.5 Å². The van der Waals surface area contributed by atoms with E-state index in [4.69, 9.17) is 4.74 Å². The Balaban J connectivity index is 2.21. The predicted molar refractivity (Wildman–Crippen MR) is 94.8 cm³/mol. The molecule has 0 fully saturated rings. The van der Waals surface area contributed by atoms with Crippen LogP contribution in [0.5, 0.6) is 11.5 Å². The normalized spacial score (nSPS) is 12.1. The van der Waals surface area contributed by atoms with E-state index in [1.165, 1.54) is 25.3 Å². The standard InChI is InChI=1S/C19H22F2N2O3/c1-23(2)12-15(13-7-5-4-6-8-13)22-18(24)14-9-10-16(26-19(20)21)17(11-14)25-3/h4-11,15,19H,12H2,1-3H3,(H,22,24). The number of hydrogen-bond donors (Lipinski definition) is 1. The van der Waals surface area contributed by atoms with E-state index in [1.807, 2.05) is 49.3 Å². The fraction of sp³-hybridized carbons (Fsp3) is 0.316. The molecule has 2 rings (SSSR count). The minimum atomic E-state index is -2.97. The number of nitrogens with zero attached hydrogens (tertiary/aromatic N) is 1. The molecule has 0 bridgehead atoms. The number of likely N-dealkylation sites (N-methyl/N-ethyl adjacent to an activating group) is 1. The summed E-state index contributed by atoms with van der Waals surface area (Å²) < 4.78 is 34.3. The van der Waals surface area contributed by atoms with Crippen LogP contribution in [-0.2, 0) is 0 Å². The van der Waals surface area contributed by atoms with E-state index < -0.39 is 6.61 Å². The Morgan fingerprint density at radius 3 is 2.38 bits per heavy atom. The van der Waals surface area contributed by atoms with E-state index >= 15 is 0 Å². The first-order valence-electron chi connectivity index (χ1n) is 8.04. The van der Waals surface area contributed by atoms with Gasteiger partial charge in [0, 0.05) is 12.1 Å². The van der Waals surface area contributed by atoms with Crippen LogP contribution < -0.4 is 14.8 Å². The van der Waals surface area contributed by atoms with Crippen LogP contribution >= 0.6 is 0 Å². The number of carbonyl (C=O) groups is 1. The van der Waals surface area contributed by atoms with Gasteiger partial charge in [-0.3, -0.25) is 4.79 Å². The first-order valence-corrected chi connectivity index (χ1v) is 8.04. The van der Waals surface area contributed by atoms with Gasteiger partial charge in [0.25, 0.3) is 5.91 Å². The van der Waals surface area contributed by atoms with E-state index in [0.717, 1.165) is 5.56 Å². The molecule has 1 amide bonds.